The van der Waals surface area contributed by atoms with Crippen molar-refractivity contribution in [3.63, 3.8) is 0 Å². The Morgan fingerprint density at radius 3 is 2.71 bits per heavy atom. The third kappa shape index (κ3) is 3.18. The molecule has 0 bridgehead atoms. The van der Waals surface area contributed by atoms with Crippen LogP contribution in [0, 0.1) is 6.92 Å². The van der Waals surface area contributed by atoms with Gasteiger partial charge >= 0.3 is 0 Å². The number of halogens is 1. The molecule has 0 amide bonds. The minimum absolute atomic E-state index is 0.380. The van der Waals surface area contributed by atoms with Crippen LogP contribution < -0.4 is 5.32 Å². The quantitative estimate of drug-likeness (QED) is 0.865. The standard InChI is InChI=1S/C14H16BrNS/c1-10-5-3-4-6-12(10)11(2)16-9-14-13(15)7-8-17-14/h3-8,11,16H,9H2,1-2H3/t11-/m1/s1. The Morgan fingerprint density at radius 1 is 1.29 bits per heavy atom. The van der Waals surface area contributed by atoms with Crippen LogP contribution in [0.1, 0.15) is 29.0 Å². The van der Waals surface area contributed by atoms with E-state index >= 15 is 0 Å². The predicted octanol–water partition coefficient (Wildman–Crippen LogP) is 4.67. The smallest absolute Gasteiger partial charge is 0.0327 e. The van der Waals surface area contributed by atoms with Gasteiger partial charge in [0.1, 0.15) is 0 Å². The maximum Gasteiger partial charge on any atom is 0.0327 e. The first-order valence-electron chi connectivity index (χ1n) is 5.69. The van der Waals surface area contributed by atoms with Crippen LogP contribution in [0.25, 0.3) is 0 Å². The Balaban J connectivity index is 2.01. The molecule has 0 fully saturated rings. The summed E-state index contributed by atoms with van der Waals surface area (Å²) in [6.45, 7) is 5.28. The molecule has 1 heterocycles. The first kappa shape index (κ1) is 12.8. The van der Waals surface area contributed by atoms with Crippen molar-refractivity contribution in [2.45, 2.75) is 26.4 Å². The molecule has 17 heavy (non-hydrogen) atoms. The van der Waals surface area contributed by atoms with Crippen LogP contribution >= 0.6 is 27.3 Å². The van der Waals surface area contributed by atoms with Gasteiger partial charge in [0.15, 0.2) is 0 Å². The highest BCUT2D eigenvalue weighted by Gasteiger charge is 2.08. The molecule has 1 aromatic heterocycles. The number of thiophene rings is 1. The second-order valence-corrected chi connectivity index (χ2v) is 6.01. The fraction of sp³-hybridized carbons (Fsp3) is 0.286. The van der Waals surface area contributed by atoms with Crippen LogP contribution in [0.4, 0.5) is 0 Å². The van der Waals surface area contributed by atoms with Gasteiger partial charge in [0.05, 0.1) is 0 Å². The second-order valence-electron chi connectivity index (χ2n) is 4.15. The molecule has 3 heteroatoms. The van der Waals surface area contributed by atoms with E-state index in [1.165, 1.54) is 20.5 Å². The van der Waals surface area contributed by atoms with E-state index in [2.05, 4.69) is 70.8 Å². The molecule has 90 valence electrons. The predicted molar refractivity (Wildman–Crippen MR) is 78.5 cm³/mol. The van der Waals surface area contributed by atoms with Gasteiger partial charge in [0, 0.05) is 21.9 Å². The van der Waals surface area contributed by atoms with Crippen molar-refractivity contribution >= 4 is 27.3 Å². The van der Waals surface area contributed by atoms with Gasteiger partial charge in [0.2, 0.25) is 0 Å². The SMILES string of the molecule is Cc1ccccc1[C@@H](C)NCc1sccc1Br. The van der Waals surface area contributed by atoms with Crippen molar-refractivity contribution in [3.05, 3.63) is 56.2 Å². The van der Waals surface area contributed by atoms with Gasteiger partial charge in [-0.3, -0.25) is 0 Å². The Morgan fingerprint density at radius 2 is 2.06 bits per heavy atom. The zero-order valence-corrected chi connectivity index (χ0v) is 12.4. The zero-order valence-electron chi connectivity index (χ0n) is 10.0. The fourth-order valence-corrected chi connectivity index (χ4v) is 3.32. The highest BCUT2D eigenvalue weighted by Crippen LogP contribution is 2.24. The number of benzene rings is 1. The topological polar surface area (TPSA) is 12.0 Å². The van der Waals surface area contributed by atoms with Crippen molar-refractivity contribution in [1.29, 1.82) is 0 Å². The maximum absolute atomic E-state index is 3.56. The van der Waals surface area contributed by atoms with Crippen molar-refractivity contribution in [3.8, 4) is 0 Å². The lowest BCUT2D eigenvalue weighted by Crippen LogP contribution is -2.18. The van der Waals surface area contributed by atoms with E-state index in [1.807, 2.05) is 0 Å². The third-order valence-corrected chi connectivity index (χ3v) is 4.84. The minimum Gasteiger partial charge on any atom is -0.305 e. The highest BCUT2D eigenvalue weighted by molar-refractivity contribution is 9.10. The molecule has 1 atom stereocenters. The first-order valence-corrected chi connectivity index (χ1v) is 7.36. The number of nitrogens with one attached hydrogen (secondary N) is 1. The molecule has 1 N–H and O–H groups in total. The molecule has 0 radical (unpaired) electrons. The fourth-order valence-electron chi connectivity index (χ4n) is 1.88. The summed E-state index contributed by atoms with van der Waals surface area (Å²) in [6, 6.07) is 11.0. The molecule has 1 nitrogen and oxygen atoms in total. The molecular formula is C14H16BrNS. The zero-order chi connectivity index (χ0) is 12.3. The largest absolute Gasteiger partial charge is 0.305 e. The Kier molecular flexibility index (Phi) is 4.37. The number of rotatable bonds is 4. The van der Waals surface area contributed by atoms with Crippen LogP contribution in [0.3, 0.4) is 0 Å². The van der Waals surface area contributed by atoms with E-state index < -0.39 is 0 Å². The molecule has 0 spiro atoms. The highest BCUT2D eigenvalue weighted by atomic mass is 79.9. The summed E-state index contributed by atoms with van der Waals surface area (Å²) in [5.74, 6) is 0. The summed E-state index contributed by atoms with van der Waals surface area (Å²) in [7, 11) is 0. The van der Waals surface area contributed by atoms with E-state index in [9.17, 15) is 0 Å². The summed E-state index contributed by atoms with van der Waals surface area (Å²) >= 11 is 5.34. The molecule has 0 unspecified atom stereocenters. The lowest BCUT2D eigenvalue weighted by atomic mass is 10.0. The van der Waals surface area contributed by atoms with Gasteiger partial charge in [0.25, 0.3) is 0 Å². The normalized spacial score (nSPS) is 12.6. The average Bonchev–Trinajstić information content (AvgIpc) is 2.72. The monoisotopic (exact) mass is 309 g/mol. The molecule has 0 saturated heterocycles. The van der Waals surface area contributed by atoms with Crippen LogP contribution in [-0.2, 0) is 6.54 Å². The van der Waals surface area contributed by atoms with Crippen molar-refractivity contribution in [2.75, 3.05) is 0 Å². The van der Waals surface area contributed by atoms with Gasteiger partial charge in [-0.1, -0.05) is 24.3 Å². The van der Waals surface area contributed by atoms with Gasteiger partial charge in [-0.25, -0.2) is 0 Å². The molecule has 2 rings (SSSR count). The molecule has 0 saturated carbocycles. The molecule has 2 aromatic rings. The Hall–Kier alpha value is -0.640. The van der Waals surface area contributed by atoms with Crippen molar-refractivity contribution < 1.29 is 0 Å². The lowest BCUT2D eigenvalue weighted by Gasteiger charge is -2.16. The molecule has 1 aromatic carbocycles. The lowest BCUT2D eigenvalue weighted by molar-refractivity contribution is 0.575. The van der Waals surface area contributed by atoms with Gasteiger partial charge < -0.3 is 5.32 Å². The van der Waals surface area contributed by atoms with Crippen LogP contribution in [-0.4, -0.2) is 0 Å². The van der Waals surface area contributed by atoms with Crippen molar-refractivity contribution in [1.82, 2.24) is 5.32 Å². The Labute approximate surface area is 115 Å². The minimum atomic E-state index is 0.380. The van der Waals surface area contributed by atoms with E-state index in [0.29, 0.717) is 6.04 Å². The van der Waals surface area contributed by atoms with E-state index in [4.69, 9.17) is 0 Å². The summed E-state index contributed by atoms with van der Waals surface area (Å²) in [6.07, 6.45) is 0. The van der Waals surface area contributed by atoms with Crippen LogP contribution in [0.5, 0.6) is 0 Å². The Bertz CT molecular complexity index is 492. The second kappa shape index (κ2) is 5.80. The van der Waals surface area contributed by atoms with Gasteiger partial charge in [-0.05, 0) is 52.4 Å². The molecule has 0 aliphatic heterocycles. The molecular weight excluding hydrogens is 294 g/mol. The van der Waals surface area contributed by atoms with Crippen LogP contribution in [0.2, 0.25) is 0 Å². The summed E-state index contributed by atoms with van der Waals surface area (Å²) < 4.78 is 1.20. The van der Waals surface area contributed by atoms with E-state index in [1.54, 1.807) is 11.3 Å². The summed E-state index contributed by atoms with van der Waals surface area (Å²) in [5.41, 5.74) is 2.72. The van der Waals surface area contributed by atoms with E-state index in [0.717, 1.165) is 6.54 Å². The van der Waals surface area contributed by atoms with Crippen LogP contribution in [0.15, 0.2) is 40.2 Å². The number of hydrogen-bond acceptors (Lipinski definition) is 2. The molecule has 0 aliphatic carbocycles. The maximum atomic E-state index is 3.56. The number of aryl methyl sites for hydroxylation is 1. The van der Waals surface area contributed by atoms with Gasteiger partial charge in [-0.2, -0.15) is 0 Å². The van der Waals surface area contributed by atoms with E-state index in [-0.39, 0.29) is 0 Å². The first-order chi connectivity index (χ1) is 8.18. The van der Waals surface area contributed by atoms with Gasteiger partial charge in [-0.15, -0.1) is 11.3 Å². The van der Waals surface area contributed by atoms with Crippen molar-refractivity contribution in [2.24, 2.45) is 0 Å². The summed E-state index contributed by atoms with van der Waals surface area (Å²) in [4.78, 5) is 1.35. The third-order valence-electron chi connectivity index (χ3n) is 2.91. The summed E-state index contributed by atoms with van der Waals surface area (Å²) in [5, 5.41) is 5.67. The molecule has 0 aliphatic rings. The number of hydrogen-bond donors (Lipinski definition) is 1. The average molecular weight is 310 g/mol.